The van der Waals surface area contributed by atoms with Crippen molar-refractivity contribution in [3.05, 3.63) is 18.2 Å². The maximum absolute atomic E-state index is 12.9. The maximum atomic E-state index is 12.9. The van der Waals surface area contributed by atoms with Crippen LogP contribution in [-0.4, -0.2) is 56.9 Å². The first kappa shape index (κ1) is 25.7. The van der Waals surface area contributed by atoms with Crippen LogP contribution in [0.1, 0.15) is 47.5 Å². The molecule has 1 aromatic rings. The molecule has 4 N–H and O–H groups in total. The van der Waals surface area contributed by atoms with E-state index in [2.05, 4.69) is 28.2 Å². The van der Waals surface area contributed by atoms with Gasteiger partial charge < -0.3 is 16.0 Å². The third-order valence-electron chi connectivity index (χ3n) is 4.29. The fraction of sp³-hybridized carbons (Fsp3) is 0.600. The molecule has 0 aliphatic heterocycles. The van der Waals surface area contributed by atoms with E-state index in [1.54, 1.807) is 39.8 Å². The topological polar surface area (TPSA) is 120 Å². The summed E-state index contributed by atoms with van der Waals surface area (Å²) in [4.78, 5) is 23.9. The van der Waals surface area contributed by atoms with Crippen molar-refractivity contribution >= 4 is 33.3 Å². The van der Waals surface area contributed by atoms with Crippen LogP contribution in [0.2, 0.25) is 0 Å². The first-order valence-electron chi connectivity index (χ1n) is 10.4. The molecule has 0 unspecified atom stereocenters. The zero-order valence-corrected chi connectivity index (χ0v) is 19.4. The van der Waals surface area contributed by atoms with E-state index in [1.165, 1.54) is 10.4 Å². The second-order valence-electron chi connectivity index (χ2n) is 7.11. The number of sulfonamides is 1. The van der Waals surface area contributed by atoms with E-state index >= 15 is 0 Å². The number of nitrogens with zero attached hydrogens (tertiary/aromatic N) is 1. The fourth-order valence-corrected chi connectivity index (χ4v) is 4.23. The van der Waals surface area contributed by atoms with Crippen LogP contribution in [0, 0.1) is 0 Å². The number of benzene rings is 1. The summed E-state index contributed by atoms with van der Waals surface area (Å²) in [5, 5.41) is 11.0. The summed E-state index contributed by atoms with van der Waals surface area (Å²) in [6.45, 7) is 10.5. The van der Waals surface area contributed by atoms with E-state index in [4.69, 9.17) is 0 Å². The smallest absolute Gasteiger partial charge is 0.321 e. The van der Waals surface area contributed by atoms with Crippen LogP contribution >= 0.6 is 0 Å². The average Bonchev–Trinajstić information content (AvgIpc) is 2.67. The van der Waals surface area contributed by atoms with Crippen LogP contribution in [0.4, 0.5) is 16.2 Å². The van der Waals surface area contributed by atoms with Gasteiger partial charge in [0, 0.05) is 25.7 Å². The molecule has 30 heavy (non-hydrogen) atoms. The van der Waals surface area contributed by atoms with E-state index in [-0.39, 0.29) is 17.5 Å². The number of amides is 3. The van der Waals surface area contributed by atoms with Crippen LogP contribution in [0.25, 0.3) is 0 Å². The summed E-state index contributed by atoms with van der Waals surface area (Å²) in [6.07, 6.45) is 1.96. The predicted octanol–water partition coefficient (Wildman–Crippen LogP) is 2.58. The van der Waals surface area contributed by atoms with E-state index in [0.717, 1.165) is 19.4 Å². The summed E-state index contributed by atoms with van der Waals surface area (Å²) in [5.74, 6) is -0.523. The molecular formula is C20H35N5O4S. The third-order valence-corrected chi connectivity index (χ3v) is 6.34. The fourth-order valence-electron chi connectivity index (χ4n) is 2.74. The molecule has 170 valence electrons. The summed E-state index contributed by atoms with van der Waals surface area (Å²) in [6, 6.07) is 4.10. The number of anilines is 2. The lowest BCUT2D eigenvalue weighted by Crippen LogP contribution is -2.44. The minimum absolute atomic E-state index is 0.0953. The Morgan fingerprint density at radius 2 is 1.70 bits per heavy atom. The molecular weight excluding hydrogens is 406 g/mol. The maximum Gasteiger partial charge on any atom is 0.321 e. The van der Waals surface area contributed by atoms with Crippen molar-refractivity contribution in [3.8, 4) is 0 Å². The molecule has 1 aromatic carbocycles. The average molecular weight is 442 g/mol. The Hall–Kier alpha value is -2.33. The second kappa shape index (κ2) is 12.4. The minimum atomic E-state index is -3.64. The van der Waals surface area contributed by atoms with E-state index in [1.807, 2.05) is 0 Å². The first-order valence-corrected chi connectivity index (χ1v) is 11.8. The van der Waals surface area contributed by atoms with Crippen molar-refractivity contribution in [3.63, 3.8) is 0 Å². The third kappa shape index (κ3) is 7.83. The van der Waals surface area contributed by atoms with Crippen LogP contribution in [0.5, 0.6) is 0 Å². The Kier molecular flexibility index (Phi) is 10.6. The summed E-state index contributed by atoms with van der Waals surface area (Å²) < 4.78 is 27.1. The monoisotopic (exact) mass is 441 g/mol. The number of nitrogens with one attached hydrogen (secondary N) is 4. The molecule has 1 rings (SSSR count). The largest absolute Gasteiger partial charge is 0.383 e. The zero-order chi connectivity index (χ0) is 22.7. The quantitative estimate of drug-likeness (QED) is 0.370. The lowest BCUT2D eigenvalue weighted by molar-refractivity contribution is -0.118. The van der Waals surface area contributed by atoms with E-state index in [9.17, 15) is 18.0 Å². The Labute approximate surface area is 180 Å². The molecule has 0 heterocycles. The molecule has 0 saturated carbocycles. The van der Waals surface area contributed by atoms with Gasteiger partial charge in [0.25, 0.3) is 0 Å². The van der Waals surface area contributed by atoms with Crippen molar-refractivity contribution in [1.29, 1.82) is 0 Å². The number of imide groups is 1. The van der Waals surface area contributed by atoms with E-state index < -0.39 is 22.0 Å². The van der Waals surface area contributed by atoms with Gasteiger partial charge in [-0.15, -0.1) is 0 Å². The van der Waals surface area contributed by atoms with Gasteiger partial charge in [-0.2, -0.15) is 4.31 Å². The Bertz CT molecular complexity index is 807. The van der Waals surface area contributed by atoms with Crippen molar-refractivity contribution < 1.29 is 18.0 Å². The molecule has 0 aliphatic rings. The van der Waals surface area contributed by atoms with Gasteiger partial charge in [-0.1, -0.05) is 27.2 Å². The number of urea groups is 1. The van der Waals surface area contributed by atoms with Gasteiger partial charge in [-0.25, -0.2) is 13.2 Å². The molecule has 0 bridgehead atoms. The highest BCUT2D eigenvalue weighted by molar-refractivity contribution is 7.89. The van der Waals surface area contributed by atoms with Crippen LogP contribution < -0.4 is 21.3 Å². The number of carbonyl (C=O) groups excluding carboxylic acids is 2. The number of unbranched alkanes of at least 4 members (excludes halogenated alkanes) is 1. The second-order valence-corrected chi connectivity index (χ2v) is 9.04. The van der Waals surface area contributed by atoms with Gasteiger partial charge in [0.15, 0.2) is 0 Å². The number of hydrogen-bond donors (Lipinski definition) is 4. The minimum Gasteiger partial charge on any atom is -0.383 e. The molecule has 3 amide bonds. The van der Waals surface area contributed by atoms with E-state index in [0.29, 0.717) is 24.5 Å². The summed E-state index contributed by atoms with van der Waals surface area (Å²) >= 11 is 0. The highest BCUT2D eigenvalue weighted by Gasteiger charge is 2.23. The Morgan fingerprint density at radius 1 is 1.03 bits per heavy atom. The van der Waals surface area contributed by atoms with Gasteiger partial charge in [0.2, 0.25) is 15.9 Å². The number of rotatable bonds is 12. The van der Waals surface area contributed by atoms with Gasteiger partial charge in [0.1, 0.15) is 0 Å². The summed E-state index contributed by atoms with van der Waals surface area (Å²) in [7, 11) is -3.64. The van der Waals surface area contributed by atoms with Gasteiger partial charge in [-0.3, -0.25) is 10.1 Å². The molecule has 0 radical (unpaired) electrons. The van der Waals surface area contributed by atoms with Crippen molar-refractivity contribution in [2.75, 3.05) is 36.8 Å². The van der Waals surface area contributed by atoms with Crippen LogP contribution in [-0.2, 0) is 14.8 Å². The molecule has 0 saturated heterocycles. The molecule has 10 heteroatoms. The van der Waals surface area contributed by atoms with Crippen molar-refractivity contribution in [2.45, 2.75) is 58.4 Å². The van der Waals surface area contributed by atoms with Crippen LogP contribution in [0.3, 0.4) is 0 Å². The standard InChI is InChI=1S/C20H35N5O4S/c1-6-9-12-21-17-11-10-16(30(28,29)25(7-2)8-3)13-18(17)22-14-19(26)24-20(27)23-15(4)5/h10-11,13,15,21-22H,6-9,12,14H2,1-5H3,(H2,23,24,26,27). The summed E-state index contributed by atoms with van der Waals surface area (Å²) in [5.41, 5.74) is 1.18. The van der Waals surface area contributed by atoms with Crippen molar-refractivity contribution in [1.82, 2.24) is 14.9 Å². The van der Waals surface area contributed by atoms with Gasteiger partial charge >= 0.3 is 6.03 Å². The number of carbonyl (C=O) groups is 2. The lowest BCUT2D eigenvalue weighted by atomic mass is 10.2. The SMILES string of the molecule is CCCCNc1ccc(S(=O)(=O)N(CC)CC)cc1NCC(=O)NC(=O)NC(C)C. The molecule has 0 aliphatic carbocycles. The Balaban J connectivity index is 3.03. The normalized spacial score (nSPS) is 11.4. The number of hydrogen-bond acceptors (Lipinski definition) is 6. The molecule has 0 aromatic heterocycles. The Morgan fingerprint density at radius 3 is 2.27 bits per heavy atom. The van der Waals surface area contributed by atoms with Crippen LogP contribution in [0.15, 0.2) is 23.1 Å². The lowest BCUT2D eigenvalue weighted by Gasteiger charge is -2.20. The molecule has 9 nitrogen and oxygen atoms in total. The molecule has 0 fully saturated rings. The zero-order valence-electron chi connectivity index (χ0n) is 18.5. The predicted molar refractivity (Wildman–Crippen MR) is 120 cm³/mol. The van der Waals surface area contributed by atoms with Crippen molar-refractivity contribution in [2.24, 2.45) is 0 Å². The molecule has 0 atom stereocenters. The highest BCUT2D eigenvalue weighted by atomic mass is 32.2. The van der Waals surface area contributed by atoms with Gasteiger partial charge in [-0.05, 0) is 38.5 Å². The van der Waals surface area contributed by atoms with Gasteiger partial charge in [0.05, 0.1) is 22.8 Å². The molecule has 0 spiro atoms. The first-order chi connectivity index (χ1) is 14.1. The highest BCUT2D eigenvalue weighted by Crippen LogP contribution is 2.27.